The molecule has 0 radical (unpaired) electrons. The minimum atomic E-state index is -3.28. The van der Waals surface area contributed by atoms with Crippen molar-refractivity contribution in [1.29, 1.82) is 0 Å². The number of imidazole rings is 1. The van der Waals surface area contributed by atoms with Gasteiger partial charge in [0.15, 0.2) is 9.84 Å². The maximum atomic E-state index is 12.6. The number of nitrogens with zero attached hydrogens (tertiary/aromatic N) is 4. The van der Waals surface area contributed by atoms with Crippen LogP contribution < -0.4 is 5.32 Å². The molecule has 1 amide bonds. The lowest BCUT2D eigenvalue weighted by Gasteiger charge is -2.10. The number of carbonyl (C=O) groups excluding carboxylic acids is 1. The van der Waals surface area contributed by atoms with Crippen molar-refractivity contribution in [2.75, 3.05) is 6.26 Å². The average molecular weight is 438 g/mol. The number of amides is 1. The number of hydrogen-bond donors (Lipinski definition) is 1. The Hall–Kier alpha value is -3.46. The molecule has 2 aromatic heterocycles. The van der Waals surface area contributed by atoms with E-state index < -0.39 is 9.84 Å². The number of fused-ring (bicyclic) bond motifs is 1. The largest absolute Gasteiger partial charge is 0.350 e. The van der Waals surface area contributed by atoms with Crippen molar-refractivity contribution in [2.45, 2.75) is 25.4 Å². The van der Waals surface area contributed by atoms with Crippen LogP contribution in [0.2, 0.25) is 0 Å². The Labute approximate surface area is 180 Å². The van der Waals surface area contributed by atoms with Crippen LogP contribution >= 0.6 is 0 Å². The number of hydrogen-bond acceptors (Lipinski definition) is 5. The predicted molar refractivity (Wildman–Crippen MR) is 118 cm³/mol. The van der Waals surface area contributed by atoms with E-state index >= 15 is 0 Å². The molecule has 0 fully saturated rings. The Balaban J connectivity index is 1.42. The summed E-state index contributed by atoms with van der Waals surface area (Å²) in [6.45, 7) is 1.08. The van der Waals surface area contributed by atoms with E-state index in [1.165, 1.54) is 0 Å². The van der Waals surface area contributed by atoms with Crippen LogP contribution in [0.5, 0.6) is 0 Å². The Morgan fingerprint density at radius 3 is 2.48 bits per heavy atom. The second-order valence-corrected chi connectivity index (χ2v) is 9.61. The summed E-state index contributed by atoms with van der Waals surface area (Å²) in [6, 6.07) is 17.2. The minimum absolute atomic E-state index is 0.00273. The van der Waals surface area contributed by atoms with Crippen LogP contribution in [0.3, 0.4) is 0 Å². The van der Waals surface area contributed by atoms with Gasteiger partial charge in [0.2, 0.25) is 5.91 Å². The third-order valence-corrected chi connectivity index (χ3v) is 5.63. The normalized spacial score (nSPS) is 11.6. The van der Waals surface area contributed by atoms with E-state index in [-0.39, 0.29) is 18.2 Å². The van der Waals surface area contributed by atoms with Crippen LogP contribution in [-0.4, -0.2) is 39.9 Å². The van der Waals surface area contributed by atoms with Gasteiger partial charge in [0, 0.05) is 25.2 Å². The highest BCUT2D eigenvalue weighted by Gasteiger charge is 2.17. The number of para-hydroxylation sites is 2. The van der Waals surface area contributed by atoms with Crippen LogP contribution in [0.4, 0.5) is 0 Å². The number of benzene rings is 2. The highest BCUT2D eigenvalue weighted by molar-refractivity contribution is 7.89. The molecule has 0 unspecified atom stereocenters. The predicted octanol–water partition coefficient (Wildman–Crippen LogP) is 2.14. The fraction of sp³-hybridized carbons (Fsp3) is 0.227. The molecule has 0 aliphatic carbocycles. The Kier molecular flexibility index (Phi) is 5.85. The van der Waals surface area contributed by atoms with Gasteiger partial charge in [-0.25, -0.2) is 13.4 Å². The van der Waals surface area contributed by atoms with Gasteiger partial charge in [-0.05, 0) is 29.3 Å². The maximum Gasteiger partial charge on any atom is 0.240 e. The van der Waals surface area contributed by atoms with Crippen LogP contribution in [0.15, 0.2) is 67.0 Å². The zero-order valence-electron chi connectivity index (χ0n) is 17.1. The van der Waals surface area contributed by atoms with Gasteiger partial charge in [-0.15, -0.1) is 0 Å². The zero-order valence-corrected chi connectivity index (χ0v) is 17.9. The molecular formula is C22H23N5O3S. The van der Waals surface area contributed by atoms with Crippen LogP contribution in [-0.2, 0) is 40.0 Å². The Bertz CT molecular complexity index is 1290. The van der Waals surface area contributed by atoms with Gasteiger partial charge in [-0.1, -0.05) is 36.4 Å². The van der Waals surface area contributed by atoms with Crippen molar-refractivity contribution >= 4 is 26.8 Å². The summed E-state index contributed by atoms with van der Waals surface area (Å²) in [6.07, 6.45) is 4.81. The summed E-state index contributed by atoms with van der Waals surface area (Å²) in [5.41, 5.74) is 3.50. The molecule has 0 bridgehead atoms. The minimum Gasteiger partial charge on any atom is -0.350 e. The first-order chi connectivity index (χ1) is 14.9. The Morgan fingerprint density at radius 2 is 1.77 bits per heavy atom. The van der Waals surface area contributed by atoms with Crippen LogP contribution in [0.1, 0.15) is 17.0 Å². The van der Waals surface area contributed by atoms with Crippen molar-refractivity contribution in [2.24, 2.45) is 0 Å². The quantitative estimate of drug-likeness (QED) is 0.455. The molecule has 160 valence electrons. The summed E-state index contributed by atoms with van der Waals surface area (Å²) in [7, 11) is -3.28. The average Bonchev–Trinajstić information content (AvgIpc) is 3.35. The molecule has 0 aliphatic rings. The molecule has 2 aromatic carbocycles. The van der Waals surface area contributed by atoms with E-state index in [9.17, 15) is 13.2 Å². The molecule has 8 nitrogen and oxygen atoms in total. The molecule has 0 saturated carbocycles. The van der Waals surface area contributed by atoms with E-state index in [1.807, 2.05) is 59.4 Å². The number of sulfone groups is 1. The van der Waals surface area contributed by atoms with E-state index in [0.717, 1.165) is 22.9 Å². The highest BCUT2D eigenvalue weighted by atomic mass is 32.2. The van der Waals surface area contributed by atoms with E-state index in [1.54, 1.807) is 16.8 Å². The topological polar surface area (TPSA) is 98.9 Å². The van der Waals surface area contributed by atoms with Gasteiger partial charge in [-0.2, -0.15) is 5.10 Å². The molecule has 1 N–H and O–H groups in total. The molecule has 2 heterocycles. The summed E-state index contributed by atoms with van der Waals surface area (Å²) in [5, 5.41) is 7.10. The van der Waals surface area contributed by atoms with E-state index in [0.29, 0.717) is 24.4 Å². The molecule has 4 aromatic rings. The molecular weight excluding hydrogens is 414 g/mol. The standard InChI is InChI=1S/C22H23N5O3S/c1-31(29,30)16-21-25-19-5-2-3-6-20(19)27(21)15-22(28)23-13-17-7-9-18(10-8-17)14-26-12-4-11-24-26/h2-12H,13-16H2,1H3,(H,23,28). The van der Waals surface area contributed by atoms with Gasteiger partial charge in [0.25, 0.3) is 0 Å². The summed E-state index contributed by atoms with van der Waals surface area (Å²) >= 11 is 0. The van der Waals surface area contributed by atoms with Crippen molar-refractivity contribution in [1.82, 2.24) is 24.6 Å². The maximum absolute atomic E-state index is 12.6. The molecule has 9 heteroatoms. The van der Waals surface area contributed by atoms with Crippen molar-refractivity contribution in [3.05, 3.63) is 83.9 Å². The molecule has 0 aliphatic heterocycles. The fourth-order valence-electron chi connectivity index (χ4n) is 3.39. The smallest absolute Gasteiger partial charge is 0.240 e. The third kappa shape index (κ3) is 5.37. The molecule has 0 spiro atoms. The lowest BCUT2D eigenvalue weighted by molar-refractivity contribution is -0.121. The summed E-state index contributed by atoms with van der Waals surface area (Å²) in [5.74, 6) is -0.0625. The van der Waals surface area contributed by atoms with E-state index in [4.69, 9.17) is 0 Å². The number of carbonyl (C=O) groups is 1. The van der Waals surface area contributed by atoms with Crippen LogP contribution in [0.25, 0.3) is 11.0 Å². The second-order valence-electron chi connectivity index (χ2n) is 7.47. The van der Waals surface area contributed by atoms with Gasteiger partial charge < -0.3 is 9.88 Å². The molecule has 0 saturated heterocycles. The van der Waals surface area contributed by atoms with Crippen LogP contribution in [0, 0.1) is 0 Å². The van der Waals surface area contributed by atoms with Crippen molar-refractivity contribution in [3.8, 4) is 0 Å². The SMILES string of the molecule is CS(=O)(=O)Cc1nc2ccccc2n1CC(=O)NCc1ccc(Cn2cccn2)cc1. The van der Waals surface area contributed by atoms with Crippen molar-refractivity contribution in [3.63, 3.8) is 0 Å². The molecule has 4 rings (SSSR count). The van der Waals surface area contributed by atoms with Gasteiger partial charge in [0.05, 0.1) is 17.6 Å². The van der Waals surface area contributed by atoms with E-state index in [2.05, 4.69) is 15.4 Å². The Morgan fingerprint density at radius 1 is 1.03 bits per heavy atom. The first kappa shape index (κ1) is 20.8. The number of rotatable bonds is 8. The van der Waals surface area contributed by atoms with Crippen molar-refractivity contribution < 1.29 is 13.2 Å². The summed E-state index contributed by atoms with van der Waals surface area (Å²) in [4.78, 5) is 17.0. The van der Waals surface area contributed by atoms with Gasteiger partial charge in [0.1, 0.15) is 18.1 Å². The number of aromatic nitrogens is 4. The molecule has 0 atom stereocenters. The third-order valence-electron chi connectivity index (χ3n) is 4.84. The first-order valence-corrected chi connectivity index (χ1v) is 11.9. The lowest BCUT2D eigenvalue weighted by atomic mass is 10.1. The summed E-state index contributed by atoms with van der Waals surface area (Å²) < 4.78 is 27.1. The fourth-order valence-corrected chi connectivity index (χ4v) is 4.08. The highest BCUT2D eigenvalue weighted by Crippen LogP contribution is 2.17. The zero-order chi connectivity index (χ0) is 21.8. The van der Waals surface area contributed by atoms with Gasteiger partial charge in [-0.3, -0.25) is 9.48 Å². The second kappa shape index (κ2) is 8.73. The lowest BCUT2D eigenvalue weighted by Crippen LogP contribution is -2.28. The number of nitrogens with one attached hydrogen (secondary N) is 1. The first-order valence-electron chi connectivity index (χ1n) is 9.81. The van der Waals surface area contributed by atoms with Gasteiger partial charge >= 0.3 is 0 Å². The monoisotopic (exact) mass is 437 g/mol. The molecule has 31 heavy (non-hydrogen) atoms.